The quantitative estimate of drug-likeness (QED) is 0.700. The van der Waals surface area contributed by atoms with E-state index in [1.54, 1.807) is 18.2 Å². The van der Waals surface area contributed by atoms with E-state index in [4.69, 9.17) is 23.2 Å². The van der Waals surface area contributed by atoms with Gasteiger partial charge in [0.2, 0.25) is 17.7 Å². The minimum atomic E-state index is -0.679. The van der Waals surface area contributed by atoms with E-state index in [1.165, 1.54) is 11.8 Å². The number of hydrogen-bond acceptors (Lipinski definition) is 3. The molecule has 144 valence electrons. The third-order valence-electron chi connectivity index (χ3n) is 3.63. The van der Waals surface area contributed by atoms with Crippen molar-refractivity contribution in [2.75, 3.05) is 18.4 Å². The molecule has 0 saturated carbocycles. The molecule has 8 heteroatoms. The van der Waals surface area contributed by atoms with Crippen molar-refractivity contribution < 1.29 is 14.4 Å². The van der Waals surface area contributed by atoms with Crippen molar-refractivity contribution >= 4 is 46.6 Å². The van der Waals surface area contributed by atoms with Crippen LogP contribution in [0.4, 0.5) is 5.69 Å². The zero-order valence-electron chi connectivity index (χ0n) is 15.4. The van der Waals surface area contributed by atoms with E-state index >= 15 is 0 Å². The molecule has 26 heavy (non-hydrogen) atoms. The van der Waals surface area contributed by atoms with Gasteiger partial charge in [-0.3, -0.25) is 14.4 Å². The van der Waals surface area contributed by atoms with E-state index in [0.29, 0.717) is 28.7 Å². The minimum absolute atomic E-state index is 0.101. The van der Waals surface area contributed by atoms with Crippen molar-refractivity contribution in [3.05, 3.63) is 28.2 Å². The van der Waals surface area contributed by atoms with Crippen LogP contribution in [0.1, 0.15) is 34.1 Å². The summed E-state index contributed by atoms with van der Waals surface area (Å²) in [7, 11) is 0. The molecule has 0 radical (unpaired) electrons. The number of carbonyl (C=O) groups excluding carboxylic acids is 3. The van der Waals surface area contributed by atoms with Crippen LogP contribution in [-0.2, 0) is 14.4 Å². The number of amides is 3. The second-order valence-corrected chi connectivity index (χ2v) is 7.20. The van der Waals surface area contributed by atoms with Crippen molar-refractivity contribution in [2.45, 2.75) is 40.2 Å². The van der Waals surface area contributed by atoms with E-state index < -0.39 is 6.04 Å². The Kier molecular flexibility index (Phi) is 8.88. The van der Waals surface area contributed by atoms with Crippen LogP contribution in [0.5, 0.6) is 0 Å². The van der Waals surface area contributed by atoms with Gasteiger partial charge < -0.3 is 15.5 Å². The number of benzene rings is 1. The highest BCUT2D eigenvalue weighted by atomic mass is 35.5. The highest BCUT2D eigenvalue weighted by Crippen LogP contribution is 2.25. The van der Waals surface area contributed by atoms with Crippen LogP contribution >= 0.6 is 23.2 Å². The molecule has 1 unspecified atom stereocenters. The predicted octanol–water partition coefficient (Wildman–Crippen LogP) is 3.33. The Bertz CT molecular complexity index is 665. The average molecular weight is 402 g/mol. The Hall–Kier alpha value is -1.79. The maximum atomic E-state index is 12.8. The summed E-state index contributed by atoms with van der Waals surface area (Å²) in [6, 6.07) is 4.07. The van der Waals surface area contributed by atoms with Gasteiger partial charge in [0.05, 0.1) is 17.3 Å². The van der Waals surface area contributed by atoms with Crippen molar-refractivity contribution in [3.8, 4) is 0 Å². The van der Waals surface area contributed by atoms with Crippen molar-refractivity contribution in [3.63, 3.8) is 0 Å². The van der Waals surface area contributed by atoms with Gasteiger partial charge in [-0.1, -0.05) is 44.0 Å². The number of rotatable bonds is 8. The van der Waals surface area contributed by atoms with Crippen LogP contribution in [0.25, 0.3) is 0 Å². The van der Waals surface area contributed by atoms with Gasteiger partial charge in [-0.25, -0.2) is 0 Å². The lowest BCUT2D eigenvalue weighted by atomic mass is 10.0. The van der Waals surface area contributed by atoms with Crippen LogP contribution in [0.2, 0.25) is 10.0 Å². The first kappa shape index (κ1) is 22.3. The molecule has 1 aromatic carbocycles. The van der Waals surface area contributed by atoms with Gasteiger partial charge in [-0.2, -0.15) is 0 Å². The smallest absolute Gasteiger partial charge is 0.245 e. The van der Waals surface area contributed by atoms with Crippen molar-refractivity contribution in [1.82, 2.24) is 10.2 Å². The zero-order valence-corrected chi connectivity index (χ0v) is 16.9. The Balaban J connectivity index is 2.88. The SMILES string of the molecule is CCCN(CC(=O)Nc1cc(Cl)ccc1Cl)C(=O)C(NC(C)=O)C(C)C. The number of carbonyl (C=O) groups is 3. The van der Waals surface area contributed by atoms with E-state index in [0.717, 1.165) is 0 Å². The van der Waals surface area contributed by atoms with E-state index in [2.05, 4.69) is 10.6 Å². The van der Waals surface area contributed by atoms with Gasteiger partial charge in [-0.15, -0.1) is 0 Å². The fraction of sp³-hybridized carbons (Fsp3) is 0.500. The minimum Gasteiger partial charge on any atom is -0.344 e. The van der Waals surface area contributed by atoms with E-state index in [-0.39, 0.29) is 30.2 Å². The number of nitrogens with one attached hydrogen (secondary N) is 2. The lowest BCUT2D eigenvalue weighted by Crippen LogP contribution is -2.52. The molecule has 0 heterocycles. The fourth-order valence-electron chi connectivity index (χ4n) is 2.42. The average Bonchev–Trinajstić information content (AvgIpc) is 2.54. The molecule has 0 aliphatic heterocycles. The Morgan fingerprint density at radius 2 is 1.85 bits per heavy atom. The van der Waals surface area contributed by atoms with Gasteiger partial charge in [0.25, 0.3) is 0 Å². The summed E-state index contributed by atoms with van der Waals surface area (Å²) in [6.07, 6.45) is 0.682. The summed E-state index contributed by atoms with van der Waals surface area (Å²) in [4.78, 5) is 38.0. The molecule has 1 atom stereocenters. The molecule has 0 spiro atoms. The zero-order chi connectivity index (χ0) is 19.9. The fourth-order valence-corrected chi connectivity index (χ4v) is 2.76. The lowest BCUT2D eigenvalue weighted by molar-refractivity contribution is -0.139. The Morgan fingerprint density at radius 3 is 2.38 bits per heavy atom. The monoisotopic (exact) mass is 401 g/mol. The number of halogens is 2. The number of anilines is 1. The van der Waals surface area contributed by atoms with Gasteiger partial charge in [0.15, 0.2) is 0 Å². The number of hydrogen-bond donors (Lipinski definition) is 2. The summed E-state index contributed by atoms with van der Waals surface area (Å²) < 4.78 is 0. The maximum absolute atomic E-state index is 12.8. The molecule has 0 aromatic heterocycles. The van der Waals surface area contributed by atoms with Crippen LogP contribution < -0.4 is 10.6 Å². The third kappa shape index (κ3) is 6.84. The molecule has 0 bridgehead atoms. The predicted molar refractivity (Wildman–Crippen MR) is 104 cm³/mol. The first-order valence-corrected chi connectivity index (χ1v) is 9.22. The second kappa shape index (κ2) is 10.4. The standard InChI is InChI=1S/C18H25Cl2N3O3/c1-5-8-23(18(26)17(11(2)3)21-12(4)24)10-16(25)22-15-9-13(19)6-7-14(15)20/h6-7,9,11,17H,5,8,10H2,1-4H3,(H,21,24)(H,22,25). The molecule has 0 aliphatic carbocycles. The summed E-state index contributed by atoms with van der Waals surface area (Å²) in [5.41, 5.74) is 0.385. The van der Waals surface area contributed by atoms with Gasteiger partial charge in [0.1, 0.15) is 6.04 Å². The molecule has 0 aliphatic rings. The van der Waals surface area contributed by atoms with Crippen LogP contribution in [0, 0.1) is 5.92 Å². The van der Waals surface area contributed by atoms with E-state index in [9.17, 15) is 14.4 Å². The van der Waals surface area contributed by atoms with Crippen LogP contribution in [0.15, 0.2) is 18.2 Å². The molecular weight excluding hydrogens is 377 g/mol. The maximum Gasteiger partial charge on any atom is 0.245 e. The highest BCUT2D eigenvalue weighted by Gasteiger charge is 2.28. The lowest BCUT2D eigenvalue weighted by Gasteiger charge is -2.29. The van der Waals surface area contributed by atoms with Crippen molar-refractivity contribution in [1.29, 1.82) is 0 Å². The Labute approximate surface area is 164 Å². The summed E-state index contributed by atoms with van der Waals surface area (Å²) in [6.45, 7) is 7.22. The van der Waals surface area contributed by atoms with Gasteiger partial charge in [-0.05, 0) is 30.5 Å². The third-order valence-corrected chi connectivity index (χ3v) is 4.20. The summed E-state index contributed by atoms with van der Waals surface area (Å²) in [5, 5.41) is 6.12. The van der Waals surface area contributed by atoms with Gasteiger partial charge in [0, 0.05) is 18.5 Å². The van der Waals surface area contributed by atoms with Gasteiger partial charge >= 0.3 is 0 Å². The van der Waals surface area contributed by atoms with Crippen molar-refractivity contribution in [2.24, 2.45) is 5.92 Å². The molecule has 2 N–H and O–H groups in total. The Morgan fingerprint density at radius 1 is 1.19 bits per heavy atom. The molecular formula is C18H25Cl2N3O3. The molecule has 0 fully saturated rings. The molecule has 1 aromatic rings. The highest BCUT2D eigenvalue weighted by molar-refractivity contribution is 6.35. The first-order chi connectivity index (χ1) is 12.1. The topological polar surface area (TPSA) is 78.5 Å². The molecule has 3 amide bonds. The van der Waals surface area contributed by atoms with E-state index in [1.807, 2.05) is 20.8 Å². The molecule has 0 saturated heterocycles. The molecule has 1 rings (SSSR count). The normalized spacial score (nSPS) is 11.8. The summed E-state index contributed by atoms with van der Waals surface area (Å²) >= 11 is 12.0. The van der Waals surface area contributed by atoms with Crippen LogP contribution in [0.3, 0.4) is 0 Å². The first-order valence-electron chi connectivity index (χ1n) is 8.46. The number of nitrogens with zero attached hydrogens (tertiary/aromatic N) is 1. The molecule has 6 nitrogen and oxygen atoms in total. The summed E-state index contributed by atoms with van der Waals surface area (Å²) in [5.74, 6) is -1.06. The second-order valence-electron chi connectivity index (χ2n) is 6.35. The van der Waals surface area contributed by atoms with Crippen LogP contribution in [-0.4, -0.2) is 41.8 Å². The largest absolute Gasteiger partial charge is 0.344 e.